The number of hydrogen-bond acceptors (Lipinski definition) is 6. The van der Waals surface area contributed by atoms with Crippen LogP contribution in [0.1, 0.15) is 18.1 Å². The summed E-state index contributed by atoms with van der Waals surface area (Å²) in [5, 5.41) is 0.715. The summed E-state index contributed by atoms with van der Waals surface area (Å²) in [6.45, 7) is 5.00. The molecule has 3 aromatic rings. The second-order valence-electron chi connectivity index (χ2n) is 6.48. The molecule has 8 heteroatoms. The van der Waals surface area contributed by atoms with Crippen molar-refractivity contribution in [3.05, 3.63) is 70.1 Å². The topological polar surface area (TPSA) is 103 Å². The number of ether oxygens (including phenoxy) is 1. The lowest BCUT2D eigenvalue weighted by Gasteiger charge is -2.14. The number of rotatable bonds is 5. The summed E-state index contributed by atoms with van der Waals surface area (Å²) in [7, 11) is -3.87. The third-order valence-electron chi connectivity index (χ3n) is 4.16. The molecule has 0 unspecified atom stereocenters. The first kappa shape index (κ1) is 19.8. The molecule has 28 heavy (non-hydrogen) atoms. The first-order valence-electron chi connectivity index (χ1n) is 8.51. The van der Waals surface area contributed by atoms with E-state index >= 15 is 0 Å². The van der Waals surface area contributed by atoms with Crippen LogP contribution in [0.2, 0.25) is 0 Å². The zero-order chi connectivity index (χ0) is 20.5. The van der Waals surface area contributed by atoms with Crippen molar-refractivity contribution in [3.63, 3.8) is 0 Å². The fraction of sp³-hybridized carbons (Fsp3) is 0.200. The van der Waals surface area contributed by atoms with Crippen LogP contribution in [0.5, 0.6) is 5.75 Å². The summed E-state index contributed by atoms with van der Waals surface area (Å²) in [5.74, 6) is -0.641. The van der Waals surface area contributed by atoms with E-state index in [9.17, 15) is 18.0 Å². The van der Waals surface area contributed by atoms with Gasteiger partial charge in [0.1, 0.15) is 17.4 Å². The Morgan fingerprint density at radius 1 is 1.07 bits per heavy atom. The molecule has 7 nitrogen and oxygen atoms in total. The number of esters is 1. The number of hydrogen-bond donors (Lipinski definition) is 1. The van der Waals surface area contributed by atoms with Gasteiger partial charge in [-0.1, -0.05) is 17.7 Å². The molecule has 0 spiro atoms. The molecule has 0 aliphatic carbocycles. The molecule has 1 heterocycles. The largest absolute Gasteiger partial charge is 0.425 e. The van der Waals surface area contributed by atoms with Gasteiger partial charge >= 0.3 is 11.6 Å². The summed E-state index contributed by atoms with van der Waals surface area (Å²) in [4.78, 5) is 23.9. The first-order chi connectivity index (χ1) is 13.2. The highest BCUT2D eigenvalue weighted by Gasteiger charge is 2.23. The summed E-state index contributed by atoms with van der Waals surface area (Å²) >= 11 is 0. The van der Waals surface area contributed by atoms with Gasteiger partial charge in [0.25, 0.3) is 0 Å². The van der Waals surface area contributed by atoms with Gasteiger partial charge in [-0.15, -0.1) is 0 Å². The van der Waals surface area contributed by atoms with Crippen LogP contribution < -0.4 is 15.1 Å². The van der Waals surface area contributed by atoms with Crippen molar-refractivity contribution in [3.8, 4) is 5.75 Å². The molecule has 146 valence electrons. The van der Waals surface area contributed by atoms with Gasteiger partial charge in [-0.3, -0.25) is 0 Å². The lowest BCUT2D eigenvalue weighted by atomic mass is 10.1. The highest BCUT2D eigenvalue weighted by atomic mass is 32.2. The average Bonchev–Trinajstić information content (AvgIpc) is 2.61. The summed E-state index contributed by atoms with van der Waals surface area (Å²) < 4.78 is 37.4. The van der Waals surface area contributed by atoms with E-state index in [2.05, 4.69) is 4.72 Å². The number of sulfonamides is 1. The molecule has 1 N–H and O–H groups in total. The minimum Gasteiger partial charge on any atom is -0.425 e. The van der Waals surface area contributed by atoms with Crippen LogP contribution in [-0.2, 0) is 14.8 Å². The van der Waals surface area contributed by atoms with E-state index in [0.29, 0.717) is 5.39 Å². The van der Waals surface area contributed by atoms with Crippen LogP contribution in [0, 0.1) is 13.8 Å². The smallest absolute Gasteiger partial charge is 0.336 e. The highest BCUT2D eigenvalue weighted by Crippen LogP contribution is 2.22. The Morgan fingerprint density at radius 2 is 1.75 bits per heavy atom. The molecule has 0 bridgehead atoms. The molecule has 0 radical (unpaired) electrons. The number of benzene rings is 2. The monoisotopic (exact) mass is 401 g/mol. The normalized spacial score (nSPS) is 12.7. The minimum absolute atomic E-state index is 0.0562. The van der Waals surface area contributed by atoms with Crippen molar-refractivity contribution in [2.75, 3.05) is 0 Å². The molecule has 0 fully saturated rings. The van der Waals surface area contributed by atoms with Gasteiger partial charge in [0.15, 0.2) is 0 Å². The molecule has 0 saturated heterocycles. The zero-order valence-corrected chi connectivity index (χ0v) is 16.4. The van der Waals surface area contributed by atoms with Gasteiger partial charge in [-0.05, 0) is 50.6 Å². The van der Waals surface area contributed by atoms with Gasteiger partial charge in [0, 0.05) is 17.5 Å². The van der Waals surface area contributed by atoms with Crippen molar-refractivity contribution in [1.82, 2.24) is 4.72 Å². The van der Waals surface area contributed by atoms with Crippen molar-refractivity contribution >= 4 is 27.0 Å². The molecule has 3 rings (SSSR count). The fourth-order valence-corrected chi connectivity index (χ4v) is 3.83. The van der Waals surface area contributed by atoms with Crippen molar-refractivity contribution in [1.29, 1.82) is 0 Å². The Labute approximate surface area is 162 Å². The summed E-state index contributed by atoms with van der Waals surface area (Å²) in [6.07, 6.45) is 0. The van der Waals surface area contributed by atoms with E-state index in [0.717, 1.165) is 11.1 Å². The number of nitrogens with one attached hydrogen (secondary N) is 1. The van der Waals surface area contributed by atoms with E-state index in [1.165, 1.54) is 31.2 Å². The second-order valence-corrected chi connectivity index (χ2v) is 8.20. The lowest BCUT2D eigenvalue weighted by molar-refractivity contribution is -0.135. The Balaban J connectivity index is 1.76. The Bertz CT molecular complexity index is 1200. The molecule has 0 aliphatic heterocycles. The average molecular weight is 401 g/mol. The van der Waals surface area contributed by atoms with Gasteiger partial charge in [0.05, 0.1) is 4.90 Å². The summed E-state index contributed by atoms with van der Waals surface area (Å²) in [5.41, 5.74) is 1.43. The zero-order valence-electron chi connectivity index (χ0n) is 15.6. The maximum Gasteiger partial charge on any atom is 0.336 e. The maximum absolute atomic E-state index is 12.4. The van der Waals surface area contributed by atoms with Gasteiger partial charge in [-0.2, -0.15) is 4.72 Å². The molecule has 2 aromatic carbocycles. The van der Waals surface area contributed by atoms with Crippen LogP contribution >= 0.6 is 0 Å². The van der Waals surface area contributed by atoms with Crippen LogP contribution in [0.3, 0.4) is 0 Å². The fourth-order valence-electron chi connectivity index (χ4n) is 2.64. The van der Waals surface area contributed by atoms with Gasteiger partial charge in [-0.25, -0.2) is 18.0 Å². The van der Waals surface area contributed by atoms with Crippen LogP contribution in [0.4, 0.5) is 0 Å². The van der Waals surface area contributed by atoms with Crippen molar-refractivity contribution < 1.29 is 22.4 Å². The first-order valence-corrected chi connectivity index (χ1v) is 9.99. The minimum atomic E-state index is -3.87. The second kappa shape index (κ2) is 7.57. The van der Waals surface area contributed by atoms with E-state index in [1.54, 1.807) is 31.2 Å². The number of fused-ring (bicyclic) bond motifs is 1. The standard InChI is InChI=1S/C20H19NO6S/c1-12-4-7-16(8-5-12)28(24,25)21-14(3)20(23)26-15-6-9-17-13(2)10-19(22)27-18(17)11-15/h4-11,14,21H,1-3H3/t14-/m1/s1. The molecule has 0 aliphatic rings. The third-order valence-corrected chi connectivity index (χ3v) is 5.71. The molecular weight excluding hydrogens is 382 g/mol. The highest BCUT2D eigenvalue weighted by molar-refractivity contribution is 7.89. The van der Waals surface area contributed by atoms with E-state index in [-0.39, 0.29) is 16.2 Å². The number of carbonyl (C=O) groups is 1. The van der Waals surface area contributed by atoms with Gasteiger partial charge in [0.2, 0.25) is 10.0 Å². The van der Waals surface area contributed by atoms with Crippen LogP contribution in [-0.4, -0.2) is 20.4 Å². The quantitative estimate of drug-likeness (QED) is 0.401. The molecule has 1 aromatic heterocycles. The van der Waals surface area contributed by atoms with Crippen LogP contribution in [0.15, 0.2) is 62.6 Å². The van der Waals surface area contributed by atoms with Crippen molar-refractivity contribution in [2.45, 2.75) is 31.7 Å². The Hall–Kier alpha value is -2.97. The summed E-state index contributed by atoms with van der Waals surface area (Å²) in [6, 6.07) is 11.1. The Kier molecular flexibility index (Phi) is 5.35. The number of carbonyl (C=O) groups excluding carboxylic acids is 1. The molecular formula is C20H19NO6S. The van der Waals surface area contributed by atoms with Crippen LogP contribution in [0.25, 0.3) is 11.0 Å². The third kappa shape index (κ3) is 4.29. The van der Waals surface area contributed by atoms with E-state index in [1.807, 2.05) is 6.92 Å². The SMILES string of the molecule is Cc1ccc(S(=O)(=O)N[C@H](C)C(=O)Oc2ccc3c(C)cc(=O)oc3c2)cc1. The van der Waals surface area contributed by atoms with E-state index < -0.39 is 27.7 Å². The predicted octanol–water partition coefficient (Wildman–Crippen LogP) is 2.68. The molecule has 0 saturated carbocycles. The lowest BCUT2D eigenvalue weighted by Crippen LogP contribution is -2.40. The van der Waals surface area contributed by atoms with Gasteiger partial charge < -0.3 is 9.15 Å². The predicted molar refractivity (Wildman–Crippen MR) is 104 cm³/mol. The molecule has 1 atom stereocenters. The van der Waals surface area contributed by atoms with E-state index in [4.69, 9.17) is 9.15 Å². The number of aryl methyl sites for hydroxylation is 2. The molecule has 0 amide bonds. The Morgan fingerprint density at radius 3 is 2.43 bits per heavy atom. The maximum atomic E-state index is 12.4. The van der Waals surface area contributed by atoms with Crippen molar-refractivity contribution in [2.24, 2.45) is 0 Å².